The van der Waals surface area contributed by atoms with Crippen LogP contribution >= 0.6 is 0 Å². The fourth-order valence-electron chi connectivity index (χ4n) is 1.71. The predicted molar refractivity (Wildman–Crippen MR) is 63.8 cm³/mol. The highest BCUT2D eigenvalue weighted by Gasteiger charge is 2.33. The summed E-state index contributed by atoms with van der Waals surface area (Å²) in [7, 11) is 0. The molecule has 98 valence electrons. The van der Waals surface area contributed by atoms with Gasteiger partial charge in [0.2, 0.25) is 5.91 Å². The lowest BCUT2D eigenvalue weighted by molar-refractivity contribution is -0.147. The molecule has 0 aromatic carbocycles. The van der Waals surface area contributed by atoms with E-state index >= 15 is 0 Å². The monoisotopic (exact) mass is 243 g/mol. The van der Waals surface area contributed by atoms with Crippen LogP contribution in [0, 0.1) is 0 Å². The summed E-state index contributed by atoms with van der Waals surface area (Å²) >= 11 is 0. The van der Waals surface area contributed by atoms with Gasteiger partial charge in [-0.25, -0.2) is 4.79 Å². The molecule has 1 fully saturated rings. The van der Waals surface area contributed by atoms with Crippen LogP contribution < -0.4 is 10.6 Å². The minimum atomic E-state index is -1.16. The highest BCUT2D eigenvalue weighted by atomic mass is 16.4. The largest absolute Gasteiger partial charge is 0.480 e. The van der Waals surface area contributed by atoms with Crippen molar-refractivity contribution < 1.29 is 14.7 Å². The lowest BCUT2D eigenvalue weighted by Crippen LogP contribution is -2.55. The maximum atomic E-state index is 11.8. The third-order valence-electron chi connectivity index (χ3n) is 3.17. The van der Waals surface area contributed by atoms with Gasteiger partial charge < -0.3 is 15.7 Å². The zero-order valence-corrected chi connectivity index (χ0v) is 10.5. The van der Waals surface area contributed by atoms with Gasteiger partial charge in [-0.1, -0.05) is 6.92 Å². The molecule has 1 atom stereocenters. The Kier molecular flexibility index (Phi) is 4.89. The first-order valence-electron chi connectivity index (χ1n) is 5.95. The van der Waals surface area contributed by atoms with Crippen molar-refractivity contribution >= 4 is 11.9 Å². The van der Waals surface area contributed by atoms with Crippen molar-refractivity contribution in [2.24, 2.45) is 0 Å². The predicted octanol–water partition coefficient (Wildman–Crippen LogP) is -0.739. The summed E-state index contributed by atoms with van der Waals surface area (Å²) in [6.45, 7) is 6.94. The number of carboxylic acid groups (broad SMARTS) is 1. The van der Waals surface area contributed by atoms with Crippen LogP contribution in [0.15, 0.2) is 0 Å². The minimum absolute atomic E-state index is 0.223. The van der Waals surface area contributed by atoms with Crippen molar-refractivity contribution in [2.75, 3.05) is 32.7 Å². The van der Waals surface area contributed by atoms with Crippen LogP contribution in [0.25, 0.3) is 0 Å². The van der Waals surface area contributed by atoms with Crippen LogP contribution in [0.5, 0.6) is 0 Å². The molecule has 0 radical (unpaired) electrons. The number of rotatable bonds is 5. The molecule has 0 aromatic rings. The van der Waals surface area contributed by atoms with Gasteiger partial charge in [-0.15, -0.1) is 0 Å². The van der Waals surface area contributed by atoms with Gasteiger partial charge in [0.05, 0.1) is 6.54 Å². The molecule has 0 spiro atoms. The summed E-state index contributed by atoms with van der Waals surface area (Å²) in [6, 6.07) is 0. The Hall–Kier alpha value is -1.14. The van der Waals surface area contributed by atoms with Crippen LogP contribution in [0.2, 0.25) is 0 Å². The molecule has 0 saturated carbocycles. The van der Waals surface area contributed by atoms with Crippen LogP contribution in [0.3, 0.4) is 0 Å². The van der Waals surface area contributed by atoms with Gasteiger partial charge in [0.1, 0.15) is 5.54 Å². The quantitative estimate of drug-likeness (QED) is 0.592. The van der Waals surface area contributed by atoms with E-state index in [0.717, 1.165) is 26.2 Å². The fourth-order valence-corrected chi connectivity index (χ4v) is 1.71. The van der Waals surface area contributed by atoms with Gasteiger partial charge in [0.25, 0.3) is 0 Å². The Morgan fingerprint density at radius 2 is 2.00 bits per heavy atom. The van der Waals surface area contributed by atoms with Crippen LogP contribution in [0.1, 0.15) is 20.3 Å². The van der Waals surface area contributed by atoms with E-state index in [1.807, 2.05) is 4.90 Å². The van der Waals surface area contributed by atoms with Crippen molar-refractivity contribution in [1.29, 1.82) is 0 Å². The Morgan fingerprint density at radius 1 is 1.41 bits per heavy atom. The average Bonchev–Trinajstić information content (AvgIpc) is 2.29. The number of amides is 1. The highest BCUT2D eigenvalue weighted by molar-refractivity contribution is 5.87. The van der Waals surface area contributed by atoms with Gasteiger partial charge >= 0.3 is 5.97 Å². The summed E-state index contributed by atoms with van der Waals surface area (Å²) in [6.07, 6.45) is 0.371. The number of hydrogen-bond acceptors (Lipinski definition) is 4. The SMILES string of the molecule is CCC(C)(NC(=O)CN1CCNCC1)C(=O)O. The van der Waals surface area contributed by atoms with E-state index in [1.54, 1.807) is 6.92 Å². The maximum Gasteiger partial charge on any atom is 0.329 e. The molecule has 0 bridgehead atoms. The average molecular weight is 243 g/mol. The Balaban J connectivity index is 2.44. The number of carbonyl (C=O) groups is 2. The van der Waals surface area contributed by atoms with E-state index in [2.05, 4.69) is 10.6 Å². The summed E-state index contributed by atoms with van der Waals surface area (Å²) in [4.78, 5) is 24.8. The smallest absolute Gasteiger partial charge is 0.329 e. The van der Waals surface area contributed by atoms with Gasteiger partial charge in [0, 0.05) is 26.2 Å². The third-order valence-corrected chi connectivity index (χ3v) is 3.17. The highest BCUT2D eigenvalue weighted by Crippen LogP contribution is 2.09. The number of carbonyl (C=O) groups excluding carboxylic acids is 1. The Labute approximate surface area is 101 Å². The molecule has 1 rings (SSSR count). The van der Waals surface area contributed by atoms with Crippen molar-refractivity contribution in [3.05, 3.63) is 0 Å². The second-order valence-electron chi connectivity index (χ2n) is 4.57. The lowest BCUT2D eigenvalue weighted by Gasteiger charge is -2.29. The van der Waals surface area contributed by atoms with Crippen LogP contribution in [-0.2, 0) is 9.59 Å². The molecule has 6 nitrogen and oxygen atoms in total. The lowest BCUT2D eigenvalue weighted by atomic mass is 9.99. The van der Waals surface area contributed by atoms with Crippen molar-refractivity contribution in [1.82, 2.24) is 15.5 Å². The second kappa shape index (κ2) is 5.97. The van der Waals surface area contributed by atoms with Crippen LogP contribution in [-0.4, -0.2) is 60.1 Å². The zero-order chi connectivity index (χ0) is 12.9. The summed E-state index contributed by atoms with van der Waals surface area (Å²) < 4.78 is 0. The maximum absolute atomic E-state index is 11.8. The molecule has 0 aromatic heterocycles. The number of nitrogens with zero attached hydrogens (tertiary/aromatic N) is 1. The molecule has 1 heterocycles. The second-order valence-corrected chi connectivity index (χ2v) is 4.57. The van der Waals surface area contributed by atoms with E-state index in [1.165, 1.54) is 6.92 Å². The standard InChI is InChI=1S/C11H21N3O3/c1-3-11(2,10(16)17)13-9(15)8-14-6-4-12-5-7-14/h12H,3-8H2,1-2H3,(H,13,15)(H,16,17). The first-order chi connectivity index (χ1) is 7.98. The number of hydrogen-bond donors (Lipinski definition) is 3. The Bertz CT molecular complexity index is 290. The molecule has 17 heavy (non-hydrogen) atoms. The molecule has 6 heteroatoms. The molecule has 3 N–H and O–H groups in total. The molecule has 1 amide bonds. The van der Waals surface area contributed by atoms with Gasteiger partial charge in [-0.3, -0.25) is 9.69 Å². The van der Waals surface area contributed by atoms with E-state index in [-0.39, 0.29) is 12.5 Å². The molecule has 1 unspecified atom stereocenters. The fraction of sp³-hybridized carbons (Fsp3) is 0.818. The van der Waals surface area contributed by atoms with E-state index < -0.39 is 11.5 Å². The van der Waals surface area contributed by atoms with Gasteiger partial charge in [0.15, 0.2) is 0 Å². The summed E-state index contributed by atoms with van der Waals surface area (Å²) in [5.41, 5.74) is -1.16. The molecule has 1 saturated heterocycles. The van der Waals surface area contributed by atoms with Gasteiger partial charge in [-0.05, 0) is 13.3 Å². The van der Waals surface area contributed by atoms with Crippen LogP contribution in [0.4, 0.5) is 0 Å². The number of carboxylic acids is 1. The first-order valence-corrected chi connectivity index (χ1v) is 5.95. The topological polar surface area (TPSA) is 81.7 Å². The van der Waals surface area contributed by atoms with Crippen molar-refractivity contribution in [3.8, 4) is 0 Å². The summed E-state index contributed by atoms with van der Waals surface area (Å²) in [5, 5.41) is 14.8. The van der Waals surface area contributed by atoms with E-state index in [9.17, 15) is 9.59 Å². The third kappa shape index (κ3) is 3.98. The summed E-state index contributed by atoms with van der Waals surface area (Å²) in [5.74, 6) is -1.22. The molecular weight excluding hydrogens is 222 g/mol. The number of nitrogens with one attached hydrogen (secondary N) is 2. The molecular formula is C11H21N3O3. The number of piperazine rings is 1. The van der Waals surface area contributed by atoms with E-state index in [0.29, 0.717) is 6.42 Å². The zero-order valence-electron chi connectivity index (χ0n) is 10.5. The number of aliphatic carboxylic acids is 1. The molecule has 1 aliphatic rings. The first kappa shape index (κ1) is 13.9. The normalized spacial score (nSPS) is 20.6. The minimum Gasteiger partial charge on any atom is -0.480 e. The van der Waals surface area contributed by atoms with Crippen molar-refractivity contribution in [2.45, 2.75) is 25.8 Å². The van der Waals surface area contributed by atoms with Gasteiger partial charge in [-0.2, -0.15) is 0 Å². The molecule has 1 aliphatic heterocycles. The Morgan fingerprint density at radius 3 is 2.47 bits per heavy atom. The molecule has 0 aliphatic carbocycles. The van der Waals surface area contributed by atoms with Crippen molar-refractivity contribution in [3.63, 3.8) is 0 Å². The van der Waals surface area contributed by atoms with E-state index in [4.69, 9.17) is 5.11 Å².